The van der Waals surface area contributed by atoms with Gasteiger partial charge in [-0.2, -0.15) is 5.26 Å². The molecule has 2 aromatic carbocycles. The maximum absolute atomic E-state index is 12.1. The number of nitrogens with one attached hydrogen (secondary N) is 1. The molecule has 0 fully saturated rings. The fourth-order valence-electron chi connectivity index (χ4n) is 1.79. The number of rotatable bonds is 4. The Kier molecular flexibility index (Phi) is 4.70. The summed E-state index contributed by atoms with van der Waals surface area (Å²) in [5.41, 5.74) is 0.943. The van der Waals surface area contributed by atoms with E-state index in [2.05, 4.69) is 5.32 Å². The van der Waals surface area contributed by atoms with E-state index in [9.17, 15) is 9.59 Å². The second kappa shape index (κ2) is 6.69. The van der Waals surface area contributed by atoms with Crippen LogP contribution >= 0.6 is 11.6 Å². The molecule has 4 nitrogen and oxygen atoms in total. The average molecular weight is 299 g/mol. The van der Waals surface area contributed by atoms with Crippen molar-refractivity contribution in [3.05, 3.63) is 65.2 Å². The Morgan fingerprint density at radius 3 is 2.24 bits per heavy atom. The summed E-state index contributed by atoms with van der Waals surface area (Å²) in [4.78, 5) is 24.0. The van der Waals surface area contributed by atoms with Crippen molar-refractivity contribution in [3.63, 3.8) is 0 Å². The number of hydrogen-bond donors (Lipinski definition) is 1. The predicted octanol–water partition coefficient (Wildman–Crippen LogP) is 3.15. The Balaban J connectivity index is 2.13. The number of halogens is 1. The fraction of sp³-hybridized carbons (Fsp3) is 0.0625. The van der Waals surface area contributed by atoms with Crippen molar-refractivity contribution in [1.82, 2.24) is 0 Å². The van der Waals surface area contributed by atoms with Gasteiger partial charge in [-0.25, -0.2) is 0 Å². The molecule has 0 aliphatic carbocycles. The smallest absolute Gasteiger partial charge is 0.293 e. The molecule has 0 unspecified atom stereocenters. The minimum atomic E-state index is -1.11. The van der Waals surface area contributed by atoms with Gasteiger partial charge in [0.2, 0.25) is 5.78 Å². The van der Waals surface area contributed by atoms with E-state index in [1.165, 1.54) is 0 Å². The Labute approximate surface area is 127 Å². The molecular formula is C16H11ClN2O2. The van der Waals surface area contributed by atoms with Crippen LogP contribution in [0.4, 0.5) is 5.69 Å². The van der Waals surface area contributed by atoms with Gasteiger partial charge in [-0.1, -0.05) is 41.9 Å². The van der Waals surface area contributed by atoms with Gasteiger partial charge >= 0.3 is 0 Å². The maximum atomic E-state index is 12.1. The van der Waals surface area contributed by atoms with E-state index in [0.29, 0.717) is 16.3 Å². The Hall–Kier alpha value is -2.64. The lowest BCUT2D eigenvalue weighted by atomic mass is 9.96. The second-order valence-electron chi connectivity index (χ2n) is 4.30. The van der Waals surface area contributed by atoms with Crippen LogP contribution in [0.1, 0.15) is 11.5 Å². The van der Waals surface area contributed by atoms with E-state index in [1.807, 2.05) is 6.07 Å². The number of carbonyl (C=O) groups excluding carboxylic acids is 2. The van der Waals surface area contributed by atoms with Gasteiger partial charge in [0.05, 0.1) is 6.07 Å². The van der Waals surface area contributed by atoms with Crippen molar-refractivity contribution >= 4 is 29.0 Å². The zero-order valence-corrected chi connectivity index (χ0v) is 11.7. The highest BCUT2D eigenvalue weighted by molar-refractivity contribution is 6.43. The summed E-state index contributed by atoms with van der Waals surface area (Å²) in [6, 6.07) is 16.7. The first kappa shape index (κ1) is 14.8. The molecule has 1 amide bonds. The van der Waals surface area contributed by atoms with Crippen molar-refractivity contribution in [3.8, 4) is 6.07 Å². The zero-order valence-electron chi connectivity index (χ0n) is 10.9. The third-order valence-electron chi connectivity index (χ3n) is 2.85. The van der Waals surface area contributed by atoms with Crippen molar-refractivity contribution in [2.45, 2.75) is 5.92 Å². The molecule has 2 aromatic rings. The van der Waals surface area contributed by atoms with E-state index in [-0.39, 0.29) is 0 Å². The Morgan fingerprint density at radius 1 is 1.05 bits per heavy atom. The third-order valence-corrected chi connectivity index (χ3v) is 3.10. The molecule has 2 rings (SSSR count). The van der Waals surface area contributed by atoms with Crippen LogP contribution in [0.3, 0.4) is 0 Å². The quantitative estimate of drug-likeness (QED) is 0.881. The SMILES string of the molecule is N#C[C@H](C(=O)C(=O)Nc1ccc(Cl)cc1)c1ccccc1. The van der Waals surface area contributed by atoms with E-state index in [1.54, 1.807) is 54.6 Å². The number of Topliss-reactive ketones (excluding diaryl/α,β-unsaturated/α-hetero) is 1. The van der Waals surface area contributed by atoms with E-state index in [0.717, 1.165) is 0 Å². The zero-order chi connectivity index (χ0) is 15.2. The molecule has 1 atom stereocenters. The fourth-order valence-corrected chi connectivity index (χ4v) is 1.91. The molecule has 0 saturated carbocycles. The van der Waals surface area contributed by atoms with Gasteiger partial charge in [-0.15, -0.1) is 0 Å². The predicted molar refractivity (Wildman–Crippen MR) is 79.9 cm³/mol. The Bertz CT molecular complexity index is 690. The number of carbonyl (C=O) groups is 2. The van der Waals surface area contributed by atoms with Gasteiger partial charge in [0.1, 0.15) is 5.92 Å². The first-order valence-corrected chi connectivity index (χ1v) is 6.55. The number of hydrogen-bond acceptors (Lipinski definition) is 3. The number of nitriles is 1. The number of amides is 1. The van der Waals surface area contributed by atoms with Crippen LogP contribution in [0, 0.1) is 11.3 Å². The number of ketones is 1. The van der Waals surface area contributed by atoms with E-state index in [4.69, 9.17) is 16.9 Å². The highest BCUT2D eigenvalue weighted by atomic mass is 35.5. The third kappa shape index (κ3) is 3.68. The highest BCUT2D eigenvalue weighted by Gasteiger charge is 2.26. The van der Waals surface area contributed by atoms with Crippen LogP contribution in [-0.4, -0.2) is 11.7 Å². The van der Waals surface area contributed by atoms with Crippen LogP contribution in [-0.2, 0) is 9.59 Å². The lowest BCUT2D eigenvalue weighted by Crippen LogP contribution is -2.27. The molecule has 0 saturated heterocycles. The van der Waals surface area contributed by atoms with E-state index < -0.39 is 17.6 Å². The molecule has 0 heterocycles. The lowest BCUT2D eigenvalue weighted by molar-refractivity contribution is -0.135. The summed E-state index contributed by atoms with van der Waals surface area (Å²) in [5.74, 6) is -2.73. The minimum absolute atomic E-state index is 0.447. The van der Waals surface area contributed by atoms with Crippen LogP contribution in [0.5, 0.6) is 0 Å². The summed E-state index contributed by atoms with van der Waals surface area (Å²) in [6.07, 6.45) is 0. The number of anilines is 1. The van der Waals surface area contributed by atoms with Crippen LogP contribution in [0.25, 0.3) is 0 Å². The topological polar surface area (TPSA) is 70.0 Å². The molecule has 0 aliphatic heterocycles. The molecule has 1 N–H and O–H groups in total. The highest BCUT2D eigenvalue weighted by Crippen LogP contribution is 2.18. The van der Waals surface area contributed by atoms with Gasteiger partial charge in [-0.3, -0.25) is 9.59 Å². The largest absolute Gasteiger partial charge is 0.319 e. The molecule has 5 heteroatoms. The van der Waals surface area contributed by atoms with Crippen LogP contribution in [0.15, 0.2) is 54.6 Å². The molecular weight excluding hydrogens is 288 g/mol. The molecule has 104 valence electrons. The summed E-state index contributed by atoms with van der Waals surface area (Å²) in [6.45, 7) is 0. The van der Waals surface area contributed by atoms with Crippen molar-refractivity contribution < 1.29 is 9.59 Å². The van der Waals surface area contributed by atoms with Gasteiger partial charge < -0.3 is 5.32 Å². The van der Waals surface area contributed by atoms with E-state index >= 15 is 0 Å². The number of nitrogens with zero attached hydrogens (tertiary/aromatic N) is 1. The molecule has 0 spiro atoms. The van der Waals surface area contributed by atoms with Gasteiger partial charge in [0, 0.05) is 10.7 Å². The van der Waals surface area contributed by atoms with Crippen LogP contribution < -0.4 is 5.32 Å². The summed E-state index contributed by atoms with van der Waals surface area (Å²) in [5, 5.41) is 12.1. The average Bonchev–Trinajstić information content (AvgIpc) is 2.51. The molecule has 0 radical (unpaired) electrons. The number of benzene rings is 2. The second-order valence-corrected chi connectivity index (χ2v) is 4.73. The minimum Gasteiger partial charge on any atom is -0.319 e. The maximum Gasteiger partial charge on any atom is 0.293 e. The van der Waals surface area contributed by atoms with Crippen LogP contribution in [0.2, 0.25) is 5.02 Å². The molecule has 21 heavy (non-hydrogen) atoms. The van der Waals surface area contributed by atoms with Gasteiger partial charge in [0.15, 0.2) is 0 Å². The molecule has 0 aromatic heterocycles. The Morgan fingerprint density at radius 2 is 1.67 bits per heavy atom. The first-order chi connectivity index (χ1) is 10.1. The molecule has 0 bridgehead atoms. The lowest BCUT2D eigenvalue weighted by Gasteiger charge is -2.09. The van der Waals surface area contributed by atoms with Gasteiger partial charge in [-0.05, 0) is 29.8 Å². The monoisotopic (exact) mass is 298 g/mol. The van der Waals surface area contributed by atoms with Crippen molar-refractivity contribution in [2.24, 2.45) is 0 Å². The standard InChI is InChI=1S/C16H11ClN2O2/c17-12-6-8-13(9-7-12)19-16(21)15(20)14(10-18)11-4-2-1-3-5-11/h1-9,14H,(H,19,21)/t14-/m0/s1. The normalized spacial score (nSPS) is 11.2. The first-order valence-electron chi connectivity index (χ1n) is 6.17. The van der Waals surface area contributed by atoms with Crippen molar-refractivity contribution in [2.75, 3.05) is 5.32 Å². The summed E-state index contributed by atoms with van der Waals surface area (Å²) < 4.78 is 0. The van der Waals surface area contributed by atoms with Crippen molar-refractivity contribution in [1.29, 1.82) is 5.26 Å². The molecule has 0 aliphatic rings. The summed E-state index contributed by atoms with van der Waals surface area (Å²) in [7, 11) is 0. The summed E-state index contributed by atoms with van der Waals surface area (Å²) >= 11 is 5.74. The van der Waals surface area contributed by atoms with Gasteiger partial charge in [0.25, 0.3) is 5.91 Å².